The molecule has 2 aromatic rings. The predicted octanol–water partition coefficient (Wildman–Crippen LogP) is 2.91. The second-order valence-electron chi connectivity index (χ2n) is 7.08. The minimum absolute atomic E-state index is 0.117. The second-order valence-corrected chi connectivity index (χ2v) is 7.08. The first-order chi connectivity index (χ1) is 13.2. The second kappa shape index (κ2) is 8.08. The summed E-state index contributed by atoms with van der Waals surface area (Å²) in [6.45, 7) is 1.52. The van der Waals surface area contributed by atoms with E-state index in [2.05, 4.69) is 10.00 Å². The highest BCUT2D eigenvalue weighted by molar-refractivity contribution is 5.77. The van der Waals surface area contributed by atoms with Crippen molar-refractivity contribution >= 4 is 5.91 Å². The van der Waals surface area contributed by atoms with Gasteiger partial charge in [-0.1, -0.05) is 12.8 Å². The van der Waals surface area contributed by atoms with Crippen LogP contribution >= 0.6 is 0 Å². The van der Waals surface area contributed by atoms with Crippen LogP contribution in [0.5, 0.6) is 5.75 Å². The van der Waals surface area contributed by atoms with Gasteiger partial charge in [0.2, 0.25) is 0 Å². The number of carbonyl (C=O) groups excluding carboxylic acids is 1. The van der Waals surface area contributed by atoms with E-state index >= 15 is 0 Å². The largest absolute Gasteiger partial charge is 0.484 e. The summed E-state index contributed by atoms with van der Waals surface area (Å²) in [5, 5.41) is 7.68. The Balaban J connectivity index is 1.37. The molecule has 6 nitrogen and oxygen atoms in total. The van der Waals surface area contributed by atoms with Crippen LogP contribution in [-0.4, -0.2) is 28.9 Å². The average Bonchev–Trinajstić information content (AvgIpc) is 3.34. The number of fused-ring (bicyclic) bond motifs is 1. The number of ether oxygens (including phenoxy) is 2. The van der Waals surface area contributed by atoms with Crippen molar-refractivity contribution in [2.24, 2.45) is 0 Å². The molecular weight excluding hydrogens is 349 g/mol. The lowest BCUT2D eigenvalue weighted by Crippen LogP contribution is -2.29. The maximum atomic E-state index is 12.9. The van der Waals surface area contributed by atoms with Gasteiger partial charge in [-0.2, -0.15) is 5.10 Å². The molecule has 7 heteroatoms. The lowest BCUT2D eigenvalue weighted by Gasteiger charge is -2.18. The highest BCUT2D eigenvalue weighted by Gasteiger charge is 2.27. The summed E-state index contributed by atoms with van der Waals surface area (Å²) in [7, 11) is 0. The van der Waals surface area contributed by atoms with E-state index in [0.29, 0.717) is 24.9 Å². The molecule has 0 saturated heterocycles. The first-order valence-electron chi connectivity index (χ1n) is 9.52. The van der Waals surface area contributed by atoms with Crippen LogP contribution in [0.25, 0.3) is 0 Å². The molecule has 1 aliphatic heterocycles. The number of rotatable bonds is 6. The molecule has 1 amide bonds. The molecule has 0 spiro atoms. The van der Waals surface area contributed by atoms with Crippen LogP contribution in [0.2, 0.25) is 0 Å². The standard InChI is InChI=1S/C20H24FN3O3/c21-14-5-7-16(8-6-14)27-13-20(25)22-11-18-17-12-26-10-9-19(17)24(23-18)15-3-1-2-4-15/h5-8,15H,1-4,9-13H2,(H,22,25). The predicted molar refractivity (Wildman–Crippen MR) is 96.8 cm³/mol. The fourth-order valence-corrected chi connectivity index (χ4v) is 3.84. The van der Waals surface area contributed by atoms with Crippen LogP contribution in [0.4, 0.5) is 4.39 Å². The van der Waals surface area contributed by atoms with Crippen LogP contribution in [0.1, 0.15) is 48.7 Å². The zero-order valence-electron chi connectivity index (χ0n) is 15.2. The summed E-state index contributed by atoms with van der Waals surface area (Å²) < 4.78 is 26.1. The fourth-order valence-electron chi connectivity index (χ4n) is 3.84. The number of hydrogen-bond donors (Lipinski definition) is 1. The molecule has 1 N–H and O–H groups in total. The SMILES string of the molecule is O=C(COc1ccc(F)cc1)NCc1nn(C2CCCC2)c2c1COCC2. The summed E-state index contributed by atoms with van der Waals surface area (Å²) in [4.78, 5) is 12.1. The summed E-state index contributed by atoms with van der Waals surface area (Å²) in [5.74, 6) is -0.111. The van der Waals surface area contributed by atoms with Crippen molar-refractivity contribution in [3.05, 3.63) is 47.0 Å². The minimum Gasteiger partial charge on any atom is -0.484 e. The molecule has 0 unspecified atom stereocenters. The van der Waals surface area contributed by atoms with Crippen LogP contribution < -0.4 is 10.1 Å². The van der Waals surface area contributed by atoms with Gasteiger partial charge in [-0.3, -0.25) is 9.48 Å². The number of benzene rings is 1. The number of carbonyl (C=O) groups is 1. The average molecular weight is 373 g/mol. The van der Waals surface area contributed by atoms with E-state index in [-0.39, 0.29) is 18.3 Å². The molecule has 0 atom stereocenters. The maximum absolute atomic E-state index is 12.9. The number of nitrogens with one attached hydrogen (secondary N) is 1. The van der Waals surface area contributed by atoms with Gasteiger partial charge in [0.05, 0.1) is 31.5 Å². The van der Waals surface area contributed by atoms with Crippen molar-refractivity contribution in [3.8, 4) is 5.75 Å². The number of amides is 1. The van der Waals surface area contributed by atoms with Gasteiger partial charge in [-0.25, -0.2) is 4.39 Å². The Morgan fingerprint density at radius 3 is 2.85 bits per heavy atom. The zero-order valence-corrected chi connectivity index (χ0v) is 15.2. The van der Waals surface area contributed by atoms with Crippen molar-refractivity contribution in [2.45, 2.75) is 51.3 Å². The summed E-state index contributed by atoms with van der Waals surface area (Å²) >= 11 is 0. The quantitative estimate of drug-likeness (QED) is 0.846. The molecule has 2 aliphatic rings. The number of halogens is 1. The van der Waals surface area contributed by atoms with E-state index in [1.165, 1.54) is 55.6 Å². The first kappa shape index (κ1) is 18.0. The van der Waals surface area contributed by atoms with Crippen molar-refractivity contribution < 1.29 is 18.7 Å². The van der Waals surface area contributed by atoms with Gasteiger partial charge < -0.3 is 14.8 Å². The minimum atomic E-state index is -0.336. The number of nitrogens with zero attached hydrogens (tertiary/aromatic N) is 2. The van der Waals surface area contributed by atoms with Gasteiger partial charge in [0.15, 0.2) is 6.61 Å². The number of hydrogen-bond acceptors (Lipinski definition) is 4. The molecule has 0 bridgehead atoms. The molecule has 27 heavy (non-hydrogen) atoms. The third-order valence-electron chi connectivity index (χ3n) is 5.24. The summed E-state index contributed by atoms with van der Waals surface area (Å²) in [6.07, 6.45) is 5.73. The first-order valence-corrected chi connectivity index (χ1v) is 9.52. The summed E-state index contributed by atoms with van der Waals surface area (Å²) in [5.41, 5.74) is 3.26. The fraction of sp³-hybridized carbons (Fsp3) is 0.500. The van der Waals surface area contributed by atoms with Crippen molar-refractivity contribution in [2.75, 3.05) is 13.2 Å². The van der Waals surface area contributed by atoms with Gasteiger partial charge in [0.1, 0.15) is 11.6 Å². The third-order valence-corrected chi connectivity index (χ3v) is 5.24. The molecule has 1 fully saturated rings. The molecule has 1 aromatic carbocycles. The van der Waals surface area contributed by atoms with E-state index in [1.807, 2.05) is 0 Å². The molecule has 1 saturated carbocycles. The highest BCUT2D eigenvalue weighted by atomic mass is 19.1. The van der Waals surface area contributed by atoms with Gasteiger partial charge in [-0.15, -0.1) is 0 Å². The maximum Gasteiger partial charge on any atom is 0.258 e. The summed E-state index contributed by atoms with van der Waals surface area (Å²) in [6, 6.07) is 6.08. The monoisotopic (exact) mass is 373 g/mol. The molecule has 4 rings (SSSR count). The van der Waals surface area contributed by atoms with E-state index < -0.39 is 0 Å². The topological polar surface area (TPSA) is 65.4 Å². The Morgan fingerprint density at radius 1 is 1.30 bits per heavy atom. The van der Waals surface area contributed by atoms with E-state index in [1.54, 1.807) is 0 Å². The molecule has 0 radical (unpaired) electrons. The van der Waals surface area contributed by atoms with Gasteiger partial charge in [0, 0.05) is 17.7 Å². The smallest absolute Gasteiger partial charge is 0.258 e. The van der Waals surface area contributed by atoms with Crippen LogP contribution in [0.3, 0.4) is 0 Å². The Hall–Kier alpha value is -2.41. The molecule has 1 aromatic heterocycles. The number of aromatic nitrogens is 2. The van der Waals surface area contributed by atoms with E-state index in [4.69, 9.17) is 14.6 Å². The highest BCUT2D eigenvalue weighted by Crippen LogP contribution is 2.33. The molecule has 144 valence electrons. The Kier molecular flexibility index (Phi) is 5.38. The van der Waals surface area contributed by atoms with Crippen LogP contribution in [0, 0.1) is 5.82 Å². The zero-order chi connectivity index (χ0) is 18.6. The normalized spacial score (nSPS) is 16.9. The Labute approximate surface area is 157 Å². The van der Waals surface area contributed by atoms with Crippen molar-refractivity contribution in [1.82, 2.24) is 15.1 Å². The van der Waals surface area contributed by atoms with Gasteiger partial charge in [-0.05, 0) is 37.1 Å². The molecule has 2 heterocycles. The Morgan fingerprint density at radius 2 is 2.07 bits per heavy atom. The van der Waals surface area contributed by atoms with Crippen LogP contribution in [0.15, 0.2) is 24.3 Å². The van der Waals surface area contributed by atoms with E-state index in [9.17, 15) is 9.18 Å². The molecule has 1 aliphatic carbocycles. The van der Waals surface area contributed by atoms with Crippen LogP contribution in [-0.2, 0) is 29.1 Å². The molecular formula is C20H24FN3O3. The van der Waals surface area contributed by atoms with Crippen molar-refractivity contribution in [3.63, 3.8) is 0 Å². The third kappa shape index (κ3) is 4.13. The Bertz CT molecular complexity index is 798. The lowest BCUT2D eigenvalue weighted by atomic mass is 10.1. The van der Waals surface area contributed by atoms with Crippen molar-refractivity contribution in [1.29, 1.82) is 0 Å². The van der Waals surface area contributed by atoms with Gasteiger partial charge >= 0.3 is 0 Å². The van der Waals surface area contributed by atoms with Gasteiger partial charge in [0.25, 0.3) is 5.91 Å². The lowest BCUT2D eigenvalue weighted by molar-refractivity contribution is -0.123. The van der Waals surface area contributed by atoms with E-state index in [0.717, 1.165) is 24.3 Å².